The number of aromatic nitrogens is 2. The molecule has 2 aromatic rings. The Morgan fingerprint density at radius 1 is 1.22 bits per heavy atom. The summed E-state index contributed by atoms with van der Waals surface area (Å²) >= 11 is 0. The van der Waals surface area contributed by atoms with Crippen LogP contribution in [0.2, 0.25) is 0 Å². The molecule has 0 aliphatic rings. The van der Waals surface area contributed by atoms with Gasteiger partial charge in [0.15, 0.2) is 0 Å². The van der Waals surface area contributed by atoms with E-state index >= 15 is 0 Å². The van der Waals surface area contributed by atoms with Crippen molar-refractivity contribution in [1.29, 1.82) is 0 Å². The lowest BCUT2D eigenvalue weighted by Crippen LogP contribution is -2.25. The number of benzene rings is 1. The lowest BCUT2D eigenvalue weighted by Gasteiger charge is -2.19. The van der Waals surface area contributed by atoms with Gasteiger partial charge in [-0.05, 0) is 58.8 Å². The predicted molar refractivity (Wildman–Crippen MR) is 97.1 cm³/mol. The van der Waals surface area contributed by atoms with Gasteiger partial charge in [0.2, 0.25) is 5.95 Å². The zero-order chi connectivity index (χ0) is 17.0. The Balaban J connectivity index is 2.10. The first-order valence-corrected chi connectivity index (χ1v) is 7.99. The van der Waals surface area contributed by atoms with E-state index in [-0.39, 0.29) is 0 Å². The number of anilines is 3. The number of nitrogens with two attached hydrogens (primary N) is 1. The van der Waals surface area contributed by atoms with Crippen LogP contribution in [0, 0.1) is 13.8 Å². The number of aryl methyl sites for hydroxylation is 3. The number of nitrogens with one attached hydrogen (secondary N) is 1. The van der Waals surface area contributed by atoms with Gasteiger partial charge in [0.05, 0.1) is 0 Å². The van der Waals surface area contributed by atoms with E-state index in [2.05, 4.69) is 67.2 Å². The molecule has 3 N–H and O–H groups in total. The van der Waals surface area contributed by atoms with Gasteiger partial charge in [-0.1, -0.05) is 18.2 Å². The van der Waals surface area contributed by atoms with Crippen molar-refractivity contribution >= 4 is 17.5 Å². The summed E-state index contributed by atoms with van der Waals surface area (Å²) in [6.07, 6.45) is 3.75. The summed E-state index contributed by atoms with van der Waals surface area (Å²) < 4.78 is 0. The molecule has 0 radical (unpaired) electrons. The Morgan fingerprint density at radius 2 is 1.87 bits per heavy atom. The molecule has 23 heavy (non-hydrogen) atoms. The van der Waals surface area contributed by atoms with Crippen molar-refractivity contribution in [1.82, 2.24) is 14.9 Å². The zero-order valence-electron chi connectivity index (χ0n) is 14.7. The maximum absolute atomic E-state index is 6.11. The van der Waals surface area contributed by atoms with Crippen LogP contribution < -0.4 is 11.1 Å². The third-order valence-corrected chi connectivity index (χ3v) is 4.33. The van der Waals surface area contributed by atoms with Crippen LogP contribution in [0.15, 0.2) is 24.4 Å². The SMILES string of the molecule is Cc1cccc(C)c1Nc1ncc(CCC(C)N(C)C)c(N)n1. The van der Waals surface area contributed by atoms with Gasteiger partial charge in [-0.15, -0.1) is 0 Å². The molecule has 0 bridgehead atoms. The van der Waals surface area contributed by atoms with Crippen LogP contribution in [0.3, 0.4) is 0 Å². The maximum Gasteiger partial charge on any atom is 0.229 e. The van der Waals surface area contributed by atoms with Gasteiger partial charge in [-0.2, -0.15) is 4.98 Å². The molecule has 0 saturated heterocycles. The van der Waals surface area contributed by atoms with Crippen LogP contribution >= 0.6 is 0 Å². The molecule has 0 spiro atoms. The van der Waals surface area contributed by atoms with Crippen LogP contribution in [0.5, 0.6) is 0 Å². The van der Waals surface area contributed by atoms with Crippen molar-refractivity contribution < 1.29 is 0 Å². The standard InChI is InChI=1S/C18H27N5/c1-12-7-6-8-13(2)16(12)21-18-20-11-15(17(19)22-18)10-9-14(3)23(4)5/h6-8,11,14H,9-10H2,1-5H3,(H3,19,20,21,22). The predicted octanol–water partition coefficient (Wildman–Crippen LogP) is 3.30. The molecular formula is C18H27N5. The van der Waals surface area contributed by atoms with Crippen LogP contribution in [-0.2, 0) is 6.42 Å². The lowest BCUT2D eigenvalue weighted by molar-refractivity contribution is 0.299. The number of hydrogen-bond donors (Lipinski definition) is 2. The Hall–Kier alpha value is -2.14. The highest BCUT2D eigenvalue weighted by molar-refractivity contribution is 5.63. The fraction of sp³-hybridized carbons (Fsp3) is 0.444. The molecule has 1 unspecified atom stereocenters. The van der Waals surface area contributed by atoms with Crippen LogP contribution in [-0.4, -0.2) is 35.0 Å². The first-order chi connectivity index (χ1) is 10.9. The summed E-state index contributed by atoms with van der Waals surface area (Å²) in [6.45, 7) is 6.33. The molecular weight excluding hydrogens is 286 g/mol. The molecule has 2 rings (SSSR count). The molecule has 0 fully saturated rings. The highest BCUT2D eigenvalue weighted by Gasteiger charge is 2.10. The minimum Gasteiger partial charge on any atom is -0.383 e. The quantitative estimate of drug-likeness (QED) is 0.856. The van der Waals surface area contributed by atoms with Gasteiger partial charge >= 0.3 is 0 Å². The first kappa shape index (κ1) is 17.2. The molecule has 5 heteroatoms. The second kappa shape index (κ2) is 7.42. The summed E-state index contributed by atoms with van der Waals surface area (Å²) in [5.41, 5.74) is 10.5. The lowest BCUT2D eigenvalue weighted by atomic mass is 10.1. The molecule has 0 amide bonds. The number of rotatable bonds is 6. The van der Waals surface area contributed by atoms with Gasteiger partial charge in [0.25, 0.3) is 0 Å². The van der Waals surface area contributed by atoms with E-state index in [1.807, 2.05) is 12.3 Å². The van der Waals surface area contributed by atoms with Crippen molar-refractivity contribution in [2.75, 3.05) is 25.1 Å². The molecule has 1 aromatic heterocycles. The second-order valence-electron chi connectivity index (χ2n) is 6.35. The Bertz CT molecular complexity index is 646. The molecule has 1 aromatic carbocycles. The first-order valence-electron chi connectivity index (χ1n) is 7.99. The number of hydrogen-bond acceptors (Lipinski definition) is 5. The minimum atomic E-state index is 0.502. The molecule has 124 valence electrons. The smallest absolute Gasteiger partial charge is 0.229 e. The fourth-order valence-corrected chi connectivity index (χ4v) is 2.42. The summed E-state index contributed by atoms with van der Waals surface area (Å²) in [5, 5.41) is 3.28. The van der Waals surface area contributed by atoms with E-state index in [4.69, 9.17) is 5.73 Å². The number of para-hydroxylation sites is 1. The van der Waals surface area contributed by atoms with Crippen molar-refractivity contribution in [3.63, 3.8) is 0 Å². The monoisotopic (exact) mass is 313 g/mol. The molecule has 1 heterocycles. The topological polar surface area (TPSA) is 67.1 Å². The van der Waals surface area contributed by atoms with E-state index in [1.54, 1.807) is 0 Å². The van der Waals surface area contributed by atoms with E-state index in [0.717, 1.165) is 35.2 Å². The Labute approximate surface area is 138 Å². The van der Waals surface area contributed by atoms with Gasteiger partial charge < -0.3 is 16.0 Å². The number of nitrogen functional groups attached to an aromatic ring is 1. The van der Waals surface area contributed by atoms with Gasteiger partial charge in [-0.3, -0.25) is 0 Å². The largest absolute Gasteiger partial charge is 0.383 e. The summed E-state index contributed by atoms with van der Waals surface area (Å²) in [4.78, 5) is 11.0. The Kier molecular flexibility index (Phi) is 5.55. The summed E-state index contributed by atoms with van der Waals surface area (Å²) in [6, 6.07) is 6.67. The van der Waals surface area contributed by atoms with E-state index in [1.165, 1.54) is 0 Å². The molecule has 0 aliphatic carbocycles. The van der Waals surface area contributed by atoms with Crippen molar-refractivity contribution in [2.45, 2.75) is 39.7 Å². The van der Waals surface area contributed by atoms with Crippen LogP contribution in [0.25, 0.3) is 0 Å². The summed E-state index contributed by atoms with van der Waals surface area (Å²) in [5.74, 6) is 1.10. The summed E-state index contributed by atoms with van der Waals surface area (Å²) in [7, 11) is 4.17. The van der Waals surface area contributed by atoms with Gasteiger partial charge in [0.1, 0.15) is 5.82 Å². The molecule has 5 nitrogen and oxygen atoms in total. The molecule has 1 atom stereocenters. The number of nitrogens with zero attached hydrogens (tertiary/aromatic N) is 3. The van der Waals surface area contributed by atoms with E-state index in [9.17, 15) is 0 Å². The second-order valence-corrected chi connectivity index (χ2v) is 6.35. The molecule has 0 saturated carbocycles. The van der Waals surface area contributed by atoms with Gasteiger partial charge in [0, 0.05) is 23.5 Å². The maximum atomic E-state index is 6.11. The zero-order valence-corrected chi connectivity index (χ0v) is 14.7. The average molecular weight is 313 g/mol. The highest BCUT2D eigenvalue weighted by Crippen LogP contribution is 2.23. The Morgan fingerprint density at radius 3 is 2.43 bits per heavy atom. The van der Waals surface area contributed by atoms with Gasteiger partial charge in [-0.25, -0.2) is 4.98 Å². The van der Waals surface area contributed by atoms with Crippen molar-refractivity contribution in [2.24, 2.45) is 0 Å². The average Bonchev–Trinajstić information content (AvgIpc) is 2.49. The van der Waals surface area contributed by atoms with Crippen LogP contribution in [0.1, 0.15) is 30.0 Å². The van der Waals surface area contributed by atoms with Crippen LogP contribution in [0.4, 0.5) is 17.5 Å². The van der Waals surface area contributed by atoms with Crippen molar-refractivity contribution in [3.8, 4) is 0 Å². The normalized spacial score (nSPS) is 12.4. The minimum absolute atomic E-state index is 0.502. The van der Waals surface area contributed by atoms with Crippen molar-refractivity contribution in [3.05, 3.63) is 41.1 Å². The fourth-order valence-electron chi connectivity index (χ4n) is 2.42. The highest BCUT2D eigenvalue weighted by atomic mass is 15.1. The third-order valence-electron chi connectivity index (χ3n) is 4.33. The molecule has 0 aliphatic heterocycles. The third kappa shape index (κ3) is 4.42. The van der Waals surface area contributed by atoms with E-state index in [0.29, 0.717) is 17.8 Å². The van der Waals surface area contributed by atoms with E-state index < -0.39 is 0 Å².